The summed E-state index contributed by atoms with van der Waals surface area (Å²) in [5, 5.41) is 3.44. The van der Waals surface area contributed by atoms with Crippen molar-refractivity contribution in [3.63, 3.8) is 0 Å². The lowest BCUT2D eigenvalue weighted by Gasteiger charge is -2.22. The molecule has 1 aromatic rings. The first-order chi connectivity index (χ1) is 8.72. The third-order valence-corrected chi connectivity index (χ3v) is 3.38. The normalized spacial score (nSPS) is 19.1. The lowest BCUT2D eigenvalue weighted by Crippen LogP contribution is -2.39. The number of nitrogens with zero attached hydrogens (tertiary/aromatic N) is 3. The monoisotopic (exact) mass is 250 g/mol. The van der Waals surface area contributed by atoms with Crippen LogP contribution in [0.25, 0.3) is 0 Å². The molecule has 1 saturated heterocycles. The maximum atomic E-state index is 12.2. The van der Waals surface area contributed by atoms with Gasteiger partial charge in [-0.05, 0) is 25.8 Å². The van der Waals surface area contributed by atoms with E-state index in [1.165, 1.54) is 12.8 Å². The highest BCUT2D eigenvalue weighted by Gasteiger charge is 2.18. The van der Waals surface area contributed by atoms with Crippen molar-refractivity contribution < 1.29 is 0 Å². The molecule has 1 N–H and O–H groups in total. The van der Waals surface area contributed by atoms with Gasteiger partial charge in [-0.3, -0.25) is 4.79 Å². The molecule has 5 heteroatoms. The fraction of sp³-hybridized carbons (Fsp3) is 0.692. The first kappa shape index (κ1) is 13.1. The average Bonchev–Trinajstić information content (AvgIpc) is 2.85. The van der Waals surface area contributed by atoms with Gasteiger partial charge in [0.2, 0.25) is 0 Å². The summed E-state index contributed by atoms with van der Waals surface area (Å²) in [5.41, 5.74) is 0.0137. The van der Waals surface area contributed by atoms with Crippen LogP contribution < -0.4 is 15.8 Å². The van der Waals surface area contributed by atoms with Crippen LogP contribution in [0.3, 0.4) is 0 Å². The Labute approximate surface area is 108 Å². The van der Waals surface area contributed by atoms with Crippen LogP contribution in [0.2, 0.25) is 0 Å². The van der Waals surface area contributed by atoms with Gasteiger partial charge in [0, 0.05) is 38.6 Å². The Kier molecular flexibility index (Phi) is 4.36. The molecule has 0 spiro atoms. The highest BCUT2D eigenvalue weighted by atomic mass is 16.1. The summed E-state index contributed by atoms with van der Waals surface area (Å²) in [6.07, 6.45) is 6.83. The topological polar surface area (TPSA) is 50.2 Å². The van der Waals surface area contributed by atoms with Crippen molar-refractivity contribution in [2.45, 2.75) is 38.8 Å². The molecule has 18 heavy (non-hydrogen) atoms. The van der Waals surface area contributed by atoms with E-state index in [2.05, 4.69) is 17.2 Å². The van der Waals surface area contributed by atoms with E-state index in [4.69, 9.17) is 0 Å². The molecule has 0 aromatic carbocycles. The molecule has 1 aliphatic rings. The van der Waals surface area contributed by atoms with Crippen LogP contribution in [0.1, 0.15) is 26.2 Å². The number of hydrogen-bond donors (Lipinski definition) is 1. The summed E-state index contributed by atoms with van der Waals surface area (Å²) < 4.78 is 1.74. The first-order valence-corrected chi connectivity index (χ1v) is 6.72. The van der Waals surface area contributed by atoms with E-state index in [1.54, 1.807) is 17.0 Å². The van der Waals surface area contributed by atoms with Crippen LogP contribution in [0, 0.1) is 0 Å². The predicted molar refractivity (Wildman–Crippen MR) is 73.1 cm³/mol. The molecule has 100 valence electrons. The van der Waals surface area contributed by atoms with Crippen LogP contribution in [-0.2, 0) is 6.54 Å². The molecular weight excluding hydrogens is 228 g/mol. The standard InChI is InChI=1S/C13H22N4O/c1-3-8-17-9-7-15-12(13(17)18)16(2)10-11-5-4-6-14-11/h7,9,11,14H,3-6,8,10H2,1-2H3. The Bertz CT molecular complexity index is 437. The van der Waals surface area contributed by atoms with E-state index < -0.39 is 0 Å². The molecule has 0 bridgehead atoms. The average molecular weight is 250 g/mol. The minimum atomic E-state index is 0.0137. The third kappa shape index (κ3) is 2.90. The van der Waals surface area contributed by atoms with E-state index in [1.807, 2.05) is 11.9 Å². The maximum Gasteiger partial charge on any atom is 0.293 e. The van der Waals surface area contributed by atoms with E-state index in [-0.39, 0.29) is 5.56 Å². The largest absolute Gasteiger partial charge is 0.354 e. The lowest BCUT2D eigenvalue weighted by atomic mass is 10.2. The van der Waals surface area contributed by atoms with E-state index in [0.717, 1.165) is 26.1 Å². The van der Waals surface area contributed by atoms with E-state index in [0.29, 0.717) is 11.9 Å². The summed E-state index contributed by atoms with van der Waals surface area (Å²) in [6, 6.07) is 0.482. The van der Waals surface area contributed by atoms with Crippen molar-refractivity contribution in [1.29, 1.82) is 0 Å². The minimum Gasteiger partial charge on any atom is -0.354 e. The fourth-order valence-electron chi connectivity index (χ4n) is 2.44. The zero-order valence-corrected chi connectivity index (χ0v) is 11.2. The lowest BCUT2D eigenvalue weighted by molar-refractivity contribution is 0.589. The van der Waals surface area contributed by atoms with E-state index in [9.17, 15) is 4.79 Å². The van der Waals surface area contributed by atoms with Crippen LogP contribution in [0.5, 0.6) is 0 Å². The van der Waals surface area contributed by atoms with Gasteiger partial charge in [-0.1, -0.05) is 6.92 Å². The molecular formula is C13H22N4O. The number of aryl methyl sites for hydroxylation is 1. The van der Waals surface area contributed by atoms with Gasteiger partial charge in [-0.15, -0.1) is 0 Å². The molecule has 5 nitrogen and oxygen atoms in total. The smallest absolute Gasteiger partial charge is 0.293 e. The number of aromatic nitrogens is 2. The summed E-state index contributed by atoms with van der Waals surface area (Å²) >= 11 is 0. The van der Waals surface area contributed by atoms with Gasteiger partial charge in [0.15, 0.2) is 5.82 Å². The third-order valence-electron chi connectivity index (χ3n) is 3.38. The molecule has 1 aliphatic heterocycles. The summed E-state index contributed by atoms with van der Waals surface area (Å²) in [6.45, 7) is 4.75. The molecule has 0 aliphatic carbocycles. The zero-order valence-electron chi connectivity index (χ0n) is 11.2. The highest BCUT2D eigenvalue weighted by Crippen LogP contribution is 2.09. The maximum absolute atomic E-state index is 12.2. The Morgan fingerprint density at radius 1 is 1.61 bits per heavy atom. The van der Waals surface area contributed by atoms with Crippen LogP contribution in [0.4, 0.5) is 5.82 Å². The van der Waals surface area contributed by atoms with Gasteiger partial charge in [0.25, 0.3) is 5.56 Å². The second kappa shape index (κ2) is 6.00. The minimum absolute atomic E-state index is 0.0137. The van der Waals surface area contributed by atoms with Crippen molar-refractivity contribution in [1.82, 2.24) is 14.9 Å². The molecule has 0 amide bonds. The fourth-order valence-corrected chi connectivity index (χ4v) is 2.44. The Hall–Kier alpha value is -1.36. The van der Waals surface area contributed by atoms with Crippen molar-refractivity contribution in [2.24, 2.45) is 0 Å². The quantitative estimate of drug-likeness (QED) is 0.841. The number of rotatable bonds is 5. The van der Waals surface area contributed by atoms with Gasteiger partial charge < -0.3 is 14.8 Å². The van der Waals surface area contributed by atoms with Crippen molar-refractivity contribution in [2.75, 3.05) is 25.0 Å². The van der Waals surface area contributed by atoms with Crippen LogP contribution in [-0.4, -0.2) is 35.7 Å². The number of likely N-dealkylation sites (N-methyl/N-ethyl adjacent to an activating group) is 1. The van der Waals surface area contributed by atoms with Crippen molar-refractivity contribution >= 4 is 5.82 Å². The molecule has 0 saturated carbocycles. The van der Waals surface area contributed by atoms with Crippen LogP contribution >= 0.6 is 0 Å². The molecule has 2 heterocycles. The number of hydrogen-bond acceptors (Lipinski definition) is 4. The van der Waals surface area contributed by atoms with Crippen molar-refractivity contribution in [3.8, 4) is 0 Å². The molecule has 1 atom stereocenters. The second-order valence-electron chi connectivity index (χ2n) is 4.92. The zero-order chi connectivity index (χ0) is 13.0. The highest BCUT2D eigenvalue weighted by molar-refractivity contribution is 5.34. The first-order valence-electron chi connectivity index (χ1n) is 6.72. The molecule has 0 radical (unpaired) electrons. The van der Waals surface area contributed by atoms with Gasteiger partial charge in [-0.25, -0.2) is 4.98 Å². The van der Waals surface area contributed by atoms with Gasteiger partial charge in [0.05, 0.1) is 0 Å². The molecule has 2 rings (SSSR count). The molecule has 1 fully saturated rings. The second-order valence-corrected chi connectivity index (χ2v) is 4.92. The van der Waals surface area contributed by atoms with Gasteiger partial charge in [0.1, 0.15) is 0 Å². The number of nitrogens with one attached hydrogen (secondary N) is 1. The molecule has 1 unspecified atom stereocenters. The predicted octanol–water partition coefficient (Wildman–Crippen LogP) is 0.841. The van der Waals surface area contributed by atoms with E-state index >= 15 is 0 Å². The Morgan fingerprint density at radius 3 is 3.11 bits per heavy atom. The van der Waals surface area contributed by atoms with Crippen LogP contribution in [0.15, 0.2) is 17.2 Å². The van der Waals surface area contributed by atoms with Crippen molar-refractivity contribution in [3.05, 3.63) is 22.7 Å². The summed E-state index contributed by atoms with van der Waals surface area (Å²) in [5.74, 6) is 0.555. The number of anilines is 1. The summed E-state index contributed by atoms with van der Waals surface area (Å²) in [4.78, 5) is 18.4. The Balaban J connectivity index is 2.11. The Morgan fingerprint density at radius 2 is 2.44 bits per heavy atom. The summed E-state index contributed by atoms with van der Waals surface area (Å²) in [7, 11) is 1.94. The van der Waals surface area contributed by atoms with Gasteiger partial charge in [-0.2, -0.15) is 0 Å². The SMILES string of the molecule is CCCn1ccnc(N(C)CC2CCCN2)c1=O. The molecule has 1 aromatic heterocycles. The van der Waals surface area contributed by atoms with Gasteiger partial charge >= 0.3 is 0 Å².